The van der Waals surface area contributed by atoms with Gasteiger partial charge in [0, 0.05) is 19.2 Å². The molecule has 0 aromatic heterocycles. The van der Waals surface area contributed by atoms with Crippen LogP contribution in [-0.4, -0.2) is 44.9 Å². The number of aliphatic hydroxyl groups is 1. The molecule has 29 heavy (non-hydrogen) atoms. The molecule has 3 amide bonds. The van der Waals surface area contributed by atoms with Crippen LogP contribution < -0.4 is 0 Å². The highest BCUT2D eigenvalue weighted by Crippen LogP contribution is 2.37. The Morgan fingerprint density at radius 1 is 1.14 bits per heavy atom. The molecule has 3 rings (SSSR count). The number of nitro benzene ring substituents is 1. The normalized spacial score (nSPS) is 21.2. The van der Waals surface area contributed by atoms with Crippen LogP contribution in [-0.2, 0) is 4.79 Å². The summed E-state index contributed by atoms with van der Waals surface area (Å²) in [6.07, 6.45) is -1.20. The third kappa shape index (κ3) is 3.71. The Labute approximate surface area is 168 Å². The van der Waals surface area contributed by atoms with Gasteiger partial charge in [0.1, 0.15) is 0 Å². The number of aliphatic hydroxyl groups excluding tert-OH is 1. The van der Waals surface area contributed by atoms with Gasteiger partial charge in [0.05, 0.1) is 29.0 Å². The van der Waals surface area contributed by atoms with Crippen molar-refractivity contribution in [3.63, 3.8) is 0 Å². The summed E-state index contributed by atoms with van der Waals surface area (Å²) in [5.41, 5.74) is 1.11. The summed E-state index contributed by atoms with van der Waals surface area (Å²) >= 11 is 0. The lowest BCUT2D eigenvalue weighted by Crippen LogP contribution is -2.41. The second kappa shape index (κ2) is 8.00. The van der Waals surface area contributed by atoms with E-state index in [1.165, 1.54) is 34.1 Å². The molecule has 0 bridgehead atoms. The zero-order valence-electron chi connectivity index (χ0n) is 16.4. The standard InChI is InChI=1S/C21H23N3O5/c1-13(19(25)16-9-11-17(12-10-16)24(28)29)20(26)23-18(14(2)22(3)21(23)27)15-7-5-4-6-8-15/h4-14,18-19,25H,1-3H3/t13-,14+,18+,19-/m1/s1. The number of carbonyl (C=O) groups excluding carboxylic acids is 2. The molecule has 0 unspecified atom stereocenters. The first-order chi connectivity index (χ1) is 13.7. The number of nitrogens with zero attached hydrogens (tertiary/aromatic N) is 3. The van der Waals surface area contributed by atoms with Crippen LogP contribution in [0.4, 0.5) is 10.5 Å². The summed E-state index contributed by atoms with van der Waals surface area (Å²) in [6, 6.07) is 13.6. The van der Waals surface area contributed by atoms with Crippen LogP contribution in [0.3, 0.4) is 0 Å². The van der Waals surface area contributed by atoms with Crippen molar-refractivity contribution in [2.45, 2.75) is 32.0 Å². The minimum Gasteiger partial charge on any atom is -0.388 e. The Kier molecular flexibility index (Phi) is 5.65. The van der Waals surface area contributed by atoms with Gasteiger partial charge >= 0.3 is 6.03 Å². The van der Waals surface area contributed by atoms with E-state index in [9.17, 15) is 24.8 Å². The molecular formula is C21H23N3O5. The number of hydrogen-bond donors (Lipinski definition) is 1. The summed E-state index contributed by atoms with van der Waals surface area (Å²) in [7, 11) is 1.65. The van der Waals surface area contributed by atoms with E-state index >= 15 is 0 Å². The monoisotopic (exact) mass is 397 g/mol. The van der Waals surface area contributed by atoms with Crippen molar-refractivity contribution in [3.05, 3.63) is 75.8 Å². The van der Waals surface area contributed by atoms with Gasteiger partial charge in [-0.1, -0.05) is 37.3 Å². The summed E-state index contributed by atoms with van der Waals surface area (Å²) in [6.45, 7) is 3.42. The molecule has 1 heterocycles. The molecule has 1 aliphatic rings. The van der Waals surface area contributed by atoms with E-state index in [1.807, 2.05) is 37.3 Å². The largest absolute Gasteiger partial charge is 0.388 e. The fraction of sp³-hybridized carbons (Fsp3) is 0.333. The molecule has 0 spiro atoms. The predicted octanol–water partition coefficient (Wildman–Crippen LogP) is 3.29. The number of carbonyl (C=O) groups is 2. The minimum atomic E-state index is -1.20. The molecule has 1 aliphatic heterocycles. The predicted molar refractivity (Wildman–Crippen MR) is 106 cm³/mol. The van der Waals surface area contributed by atoms with E-state index < -0.39 is 34.9 Å². The van der Waals surface area contributed by atoms with Gasteiger partial charge in [0.15, 0.2) is 0 Å². The topological polar surface area (TPSA) is 104 Å². The highest BCUT2D eigenvalue weighted by atomic mass is 16.6. The summed E-state index contributed by atoms with van der Waals surface area (Å²) in [5.74, 6) is -1.41. The van der Waals surface area contributed by atoms with Gasteiger partial charge in [-0.2, -0.15) is 0 Å². The fourth-order valence-corrected chi connectivity index (χ4v) is 3.64. The van der Waals surface area contributed by atoms with Crippen LogP contribution in [0.5, 0.6) is 0 Å². The van der Waals surface area contributed by atoms with Crippen LogP contribution in [0, 0.1) is 16.0 Å². The van der Waals surface area contributed by atoms with Crippen molar-refractivity contribution in [1.82, 2.24) is 9.80 Å². The first-order valence-corrected chi connectivity index (χ1v) is 9.31. The Balaban J connectivity index is 1.88. The highest BCUT2D eigenvalue weighted by Gasteiger charge is 2.47. The van der Waals surface area contributed by atoms with Crippen LogP contribution in [0.15, 0.2) is 54.6 Å². The van der Waals surface area contributed by atoms with E-state index in [2.05, 4.69) is 0 Å². The first-order valence-electron chi connectivity index (χ1n) is 9.31. The molecule has 0 saturated carbocycles. The van der Waals surface area contributed by atoms with Gasteiger partial charge in [-0.15, -0.1) is 0 Å². The molecule has 4 atom stereocenters. The lowest BCUT2D eigenvalue weighted by molar-refractivity contribution is -0.384. The maximum atomic E-state index is 13.2. The molecule has 0 radical (unpaired) electrons. The zero-order chi connectivity index (χ0) is 21.3. The van der Waals surface area contributed by atoms with Crippen molar-refractivity contribution in [1.29, 1.82) is 0 Å². The third-order valence-corrected chi connectivity index (χ3v) is 5.54. The SMILES string of the molecule is C[C@@H](C(=O)N1C(=O)N(C)[C@@H](C)[C@H]1c1ccccc1)[C@@H](O)c1ccc([N+](=O)[O-])cc1. The number of benzene rings is 2. The van der Waals surface area contributed by atoms with E-state index in [0.717, 1.165) is 5.56 Å². The number of non-ortho nitro benzene ring substituents is 1. The van der Waals surface area contributed by atoms with E-state index in [-0.39, 0.29) is 11.7 Å². The maximum absolute atomic E-state index is 13.2. The number of rotatable bonds is 5. The average Bonchev–Trinajstić information content (AvgIpc) is 2.96. The molecule has 2 aromatic rings. The summed E-state index contributed by atoms with van der Waals surface area (Å²) < 4.78 is 0. The van der Waals surface area contributed by atoms with Gasteiger partial charge in [0.25, 0.3) is 5.69 Å². The van der Waals surface area contributed by atoms with Crippen LogP contribution >= 0.6 is 0 Å². The Hall–Kier alpha value is -3.26. The lowest BCUT2D eigenvalue weighted by atomic mass is 9.94. The second-order valence-corrected chi connectivity index (χ2v) is 7.28. The highest BCUT2D eigenvalue weighted by molar-refractivity contribution is 5.98. The second-order valence-electron chi connectivity index (χ2n) is 7.28. The Bertz CT molecular complexity index is 916. The van der Waals surface area contributed by atoms with Gasteiger partial charge in [-0.25, -0.2) is 4.79 Å². The molecule has 1 N–H and O–H groups in total. The minimum absolute atomic E-state index is 0.103. The summed E-state index contributed by atoms with van der Waals surface area (Å²) in [5, 5.41) is 21.5. The van der Waals surface area contributed by atoms with Crippen molar-refractivity contribution in [3.8, 4) is 0 Å². The van der Waals surface area contributed by atoms with E-state index in [1.54, 1.807) is 14.0 Å². The van der Waals surface area contributed by atoms with Gasteiger partial charge in [-0.05, 0) is 30.2 Å². The molecule has 0 aliphatic carbocycles. The van der Waals surface area contributed by atoms with E-state index in [4.69, 9.17) is 0 Å². The lowest BCUT2D eigenvalue weighted by Gasteiger charge is -2.28. The quantitative estimate of drug-likeness (QED) is 0.616. The number of amides is 3. The fourth-order valence-electron chi connectivity index (χ4n) is 3.64. The Morgan fingerprint density at radius 2 is 1.72 bits per heavy atom. The van der Waals surface area contributed by atoms with Crippen molar-refractivity contribution in [2.75, 3.05) is 7.05 Å². The molecule has 1 fully saturated rings. The third-order valence-electron chi connectivity index (χ3n) is 5.54. The smallest absolute Gasteiger partial charge is 0.327 e. The molecule has 8 nitrogen and oxygen atoms in total. The van der Waals surface area contributed by atoms with Crippen molar-refractivity contribution < 1.29 is 19.6 Å². The van der Waals surface area contributed by atoms with Crippen LogP contribution in [0.25, 0.3) is 0 Å². The number of hydrogen-bond acceptors (Lipinski definition) is 5. The molecule has 152 valence electrons. The number of imide groups is 1. The first kappa shape index (κ1) is 20.5. The van der Waals surface area contributed by atoms with Crippen molar-refractivity contribution >= 4 is 17.6 Å². The number of nitro groups is 1. The molecule has 1 saturated heterocycles. The van der Waals surface area contributed by atoms with Gasteiger partial charge in [-0.3, -0.25) is 19.8 Å². The molecule has 2 aromatic carbocycles. The summed E-state index contributed by atoms with van der Waals surface area (Å²) in [4.78, 5) is 39.0. The van der Waals surface area contributed by atoms with Gasteiger partial charge in [0.2, 0.25) is 5.91 Å². The molecular weight excluding hydrogens is 374 g/mol. The molecule has 8 heteroatoms. The average molecular weight is 397 g/mol. The Morgan fingerprint density at radius 3 is 2.28 bits per heavy atom. The number of urea groups is 1. The van der Waals surface area contributed by atoms with Gasteiger partial charge < -0.3 is 10.0 Å². The van der Waals surface area contributed by atoms with Crippen LogP contribution in [0.1, 0.15) is 37.1 Å². The zero-order valence-corrected chi connectivity index (χ0v) is 16.4. The van der Waals surface area contributed by atoms with Crippen LogP contribution in [0.2, 0.25) is 0 Å². The maximum Gasteiger partial charge on any atom is 0.327 e. The number of likely N-dealkylation sites (N-methyl/N-ethyl adjacent to an activating group) is 1. The van der Waals surface area contributed by atoms with Crippen molar-refractivity contribution in [2.24, 2.45) is 5.92 Å². The van der Waals surface area contributed by atoms with E-state index in [0.29, 0.717) is 5.56 Å².